The molecule has 0 aliphatic heterocycles. The Labute approximate surface area is 149 Å². The number of methoxy groups -OCH3 is 2. The first-order chi connectivity index (χ1) is 12.2. The van der Waals surface area contributed by atoms with E-state index in [0.717, 1.165) is 18.2 Å². The van der Waals surface area contributed by atoms with E-state index in [4.69, 9.17) is 4.74 Å². The number of esters is 1. The number of nitrogens with zero attached hydrogens (tertiary/aromatic N) is 1. The summed E-state index contributed by atoms with van der Waals surface area (Å²) >= 11 is 0. The lowest BCUT2D eigenvalue weighted by Crippen LogP contribution is -2.15. The Morgan fingerprint density at radius 2 is 1.85 bits per heavy atom. The molecule has 2 aromatic carbocycles. The van der Waals surface area contributed by atoms with Crippen LogP contribution in [0.4, 0.5) is 11.4 Å². The van der Waals surface area contributed by atoms with E-state index in [9.17, 15) is 23.3 Å². The third-order valence-corrected chi connectivity index (χ3v) is 4.96. The van der Waals surface area contributed by atoms with Gasteiger partial charge in [-0.15, -0.1) is 0 Å². The van der Waals surface area contributed by atoms with Crippen LogP contribution >= 0.6 is 0 Å². The number of ether oxygens (including phenoxy) is 2. The van der Waals surface area contributed by atoms with Crippen LogP contribution in [0.15, 0.2) is 41.3 Å². The van der Waals surface area contributed by atoms with Crippen LogP contribution in [0.1, 0.15) is 15.9 Å². The second kappa shape index (κ2) is 7.40. The van der Waals surface area contributed by atoms with Gasteiger partial charge < -0.3 is 9.47 Å². The molecule has 2 rings (SSSR count). The Hall–Kier alpha value is -3.14. The normalized spacial score (nSPS) is 10.9. The van der Waals surface area contributed by atoms with Gasteiger partial charge >= 0.3 is 5.97 Å². The van der Waals surface area contributed by atoms with Crippen molar-refractivity contribution in [2.45, 2.75) is 11.8 Å². The number of carbonyl (C=O) groups is 1. The van der Waals surface area contributed by atoms with Crippen molar-refractivity contribution in [3.05, 3.63) is 57.6 Å². The SMILES string of the molecule is COC(=O)c1ccc(C)c(NS(=O)(=O)c2ccc([N+](=O)[O-])cc2OC)c1. The molecule has 1 N–H and O–H groups in total. The molecule has 0 spiro atoms. The van der Waals surface area contributed by atoms with Crippen molar-refractivity contribution in [3.8, 4) is 5.75 Å². The Morgan fingerprint density at radius 3 is 2.42 bits per heavy atom. The third kappa shape index (κ3) is 3.91. The average molecular weight is 380 g/mol. The number of sulfonamides is 1. The molecule has 0 heterocycles. The van der Waals surface area contributed by atoms with Crippen LogP contribution in [0.5, 0.6) is 5.75 Å². The standard InChI is InChI=1S/C16H16N2O7S/c1-10-4-5-11(16(19)25-3)8-13(10)17-26(22,23)15-7-6-12(18(20)21)9-14(15)24-2/h4-9,17H,1-3H3. The molecule has 0 amide bonds. The lowest BCUT2D eigenvalue weighted by Gasteiger charge is -2.14. The van der Waals surface area contributed by atoms with Gasteiger partial charge in [-0.3, -0.25) is 14.8 Å². The van der Waals surface area contributed by atoms with Gasteiger partial charge in [0.2, 0.25) is 0 Å². The summed E-state index contributed by atoms with van der Waals surface area (Å²) in [7, 11) is -1.69. The zero-order valence-electron chi connectivity index (χ0n) is 14.2. The molecular formula is C16H16N2O7S. The number of hydrogen-bond acceptors (Lipinski definition) is 7. The average Bonchev–Trinajstić information content (AvgIpc) is 2.61. The van der Waals surface area contributed by atoms with E-state index in [-0.39, 0.29) is 27.6 Å². The lowest BCUT2D eigenvalue weighted by atomic mass is 10.1. The van der Waals surface area contributed by atoms with Gasteiger partial charge in [0, 0.05) is 6.07 Å². The smallest absolute Gasteiger partial charge is 0.337 e. The summed E-state index contributed by atoms with van der Waals surface area (Å²) in [6.07, 6.45) is 0. The number of carbonyl (C=O) groups excluding carboxylic acids is 1. The molecule has 0 fully saturated rings. The molecule has 10 heteroatoms. The molecule has 0 saturated heterocycles. The van der Waals surface area contributed by atoms with Gasteiger partial charge in [0.1, 0.15) is 10.6 Å². The summed E-state index contributed by atoms with van der Waals surface area (Å²) in [6, 6.07) is 7.58. The molecule has 0 aliphatic rings. The minimum Gasteiger partial charge on any atom is -0.495 e. The molecule has 0 bridgehead atoms. The van der Waals surface area contributed by atoms with Crippen LogP contribution < -0.4 is 9.46 Å². The predicted molar refractivity (Wildman–Crippen MR) is 93.0 cm³/mol. The lowest BCUT2D eigenvalue weighted by molar-refractivity contribution is -0.385. The molecule has 0 unspecified atom stereocenters. The van der Waals surface area contributed by atoms with Crippen LogP contribution in [-0.2, 0) is 14.8 Å². The third-order valence-electron chi connectivity index (χ3n) is 3.55. The Bertz CT molecular complexity index is 971. The summed E-state index contributed by atoms with van der Waals surface area (Å²) in [5.41, 5.74) is 0.617. The fourth-order valence-corrected chi connectivity index (χ4v) is 3.44. The van der Waals surface area contributed by atoms with Crippen LogP contribution in [0.3, 0.4) is 0 Å². The highest BCUT2D eigenvalue weighted by molar-refractivity contribution is 7.92. The highest BCUT2D eigenvalue weighted by Crippen LogP contribution is 2.30. The number of rotatable bonds is 6. The second-order valence-corrected chi connectivity index (χ2v) is 6.87. The van der Waals surface area contributed by atoms with Gasteiger partial charge in [0.05, 0.1) is 36.5 Å². The highest BCUT2D eigenvalue weighted by Gasteiger charge is 2.23. The van der Waals surface area contributed by atoms with E-state index in [1.54, 1.807) is 13.0 Å². The molecule has 0 aliphatic carbocycles. The molecular weight excluding hydrogens is 364 g/mol. The molecule has 138 valence electrons. The summed E-state index contributed by atoms with van der Waals surface area (Å²) in [4.78, 5) is 21.5. The van der Waals surface area contributed by atoms with E-state index in [1.165, 1.54) is 26.4 Å². The number of nitro benzene ring substituents is 1. The molecule has 0 aromatic heterocycles. The molecule has 9 nitrogen and oxygen atoms in total. The van der Waals surface area contributed by atoms with E-state index >= 15 is 0 Å². The van der Waals surface area contributed by atoms with Crippen LogP contribution in [0.25, 0.3) is 0 Å². The summed E-state index contributed by atoms with van der Waals surface area (Å²) in [6.45, 7) is 1.66. The minimum atomic E-state index is -4.12. The van der Waals surface area contributed by atoms with E-state index in [2.05, 4.69) is 9.46 Å². The van der Waals surface area contributed by atoms with Crippen LogP contribution in [-0.4, -0.2) is 33.5 Å². The zero-order valence-corrected chi connectivity index (χ0v) is 15.0. The maximum atomic E-state index is 12.7. The van der Waals surface area contributed by atoms with Crippen molar-refractivity contribution in [1.29, 1.82) is 0 Å². The number of anilines is 1. The number of nitro groups is 1. The van der Waals surface area contributed by atoms with E-state index in [1.807, 2.05) is 0 Å². The van der Waals surface area contributed by atoms with Gasteiger partial charge in [0.25, 0.3) is 15.7 Å². The van der Waals surface area contributed by atoms with Crippen molar-refractivity contribution < 1.29 is 27.6 Å². The van der Waals surface area contributed by atoms with Crippen molar-refractivity contribution in [3.63, 3.8) is 0 Å². The van der Waals surface area contributed by atoms with Gasteiger partial charge in [0.15, 0.2) is 0 Å². The predicted octanol–water partition coefficient (Wildman–Crippen LogP) is 2.50. The number of hydrogen-bond donors (Lipinski definition) is 1. The fraction of sp³-hybridized carbons (Fsp3) is 0.188. The van der Waals surface area contributed by atoms with Gasteiger partial charge in [-0.1, -0.05) is 6.07 Å². The number of aryl methyl sites for hydroxylation is 1. The Kier molecular flexibility index (Phi) is 5.46. The largest absolute Gasteiger partial charge is 0.495 e. The van der Waals surface area contributed by atoms with Crippen LogP contribution in [0.2, 0.25) is 0 Å². The molecule has 26 heavy (non-hydrogen) atoms. The van der Waals surface area contributed by atoms with Gasteiger partial charge in [-0.2, -0.15) is 0 Å². The second-order valence-electron chi connectivity index (χ2n) is 5.22. The minimum absolute atomic E-state index is 0.173. The first-order valence-corrected chi connectivity index (χ1v) is 8.72. The Morgan fingerprint density at radius 1 is 1.15 bits per heavy atom. The molecule has 0 saturated carbocycles. The number of nitrogens with one attached hydrogen (secondary N) is 1. The monoisotopic (exact) mass is 380 g/mol. The van der Waals surface area contributed by atoms with Crippen molar-refractivity contribution in [2.75, 3.05) is 18.9 Å². The van der Waals surface area contributed by atoms with Gasteiger partial charge in [-0.05, 0) is 30.7 Å². The first kappa shape index (κ1) is 19.2. The highest BCUT2D eigenvalue weighted by atomic mass is 32.2. The molecule has 0 atom stereocenters. The Balaban J connectivity index is 2.47. The quantitative estimate of drug-likeness (QED) is 0.464. The van der Waals surface area contributed by atoms with Gasteiger partial charge in [-0.25, -0.2) is 13.2 Å². The van der Waals surface area contributed by atoms with Crippen molar-refractivity contribution >= 4 is 27.4 Å². The molecule has 0 radical (unpaired) electrons. The first-order valence-electron chi connectivity index (χ1n) is 7.24. The fourth-order valence-electron chi connectivity index (χ4n) is 2.17. The summed E-state index contributed by atoms with van der Waals surface area (Å²) < 4.78 is 37.3. The zero-order chi connectivity index (χ0) is 19.5. The van der Waals surface area contributed by atoms with E-state index < -0.39 is 20.9 Å². The number of benzene rings is 2. The maximum Gasteiger partial charge on any atom is 0.337 e. The van der Waals surface area contributed by atoms with Crippen molar-refractivity contribution in [1.82, 2.24) is 0 Å². The van der Waals surface area contributed by atoms with Crippen molar-refractivity contribution in [2.24, 2.45) is 0 Å². The summed E-state index contributed by atoms with van der Waals surface area (Å²) in [5.74, 6) is -0.785. The molecule has 2 aromatic rings. The maximum absolute atomic E-state index is 12.7. The van der Waals surface area contributed by atoms with Crippen LogP contribution in [0, 0.1) is 17.0 Å². The summed E-state index contributed by atoms with van der Waals surface area (Å²) in [5, 5.41) is 10.8. The topological polar surface area (TPSA) is 125 Å². The number of non-ortho nitro benzene ring substituents is 1. The van der Waals surface area contributed by atoms with E-state index in [0.29, 0.717) is 5.56 Å².